The maximum absolute atomic E-state index is 11.9. The average Bonchev–Trinajstić information content (AvgIpc) is 2.82. The minimum absolute atomic E-state index is 0.243. The average molecular weight is 439 g/mol. The first-order valence-electron chi connectivity index (χ1n) is 11.0. The molecule has 32 heavy (non-hydrogen) atoms. The van der Waals surface area contributed by atoms with Crippen LogP contribution in [0.3, 0.4) is 0 Å². The monoisotopic (exact) mass is 438 g/mol. The summed E-state index contributed by atoms with van der Waals surface area (Å²) in [6.45, 7) is 2.66. The lowest BCUT2D eigenvalue weighted by molar-refractivity contribution is -0.142. The van der Waals surface area contributed by atoms with E-state index in [-0.39, 0.29) is 5.76 Å². The molecule has 0 bridgehead atoms. The van der Waals surface area contributed by atoms with Gasteiger partial charge in [-0.25, -0.2) is 9.59 Å². The van der Waals surface area contributed by atoms with Crippen molar-refractivity contribution in [2.45, 2.75) is 45.4 Å². The van der Waals surface area contributed by atoms with Crippen molar-refractivity contribution in [1.82, 2.24) is 0 Å². The SMILES string of the molecule is CCCCCCCCOC(=O)C(=Cc1ccccc1)OC.O=C(O)C=Cc1ccccc1. The highest BCUT2D eigenvalue weighted by molar-refractivity contribution is 5.91. The fourth-order valence-corrected chi connectivity index (χ4v) is 2.75. The van der Waals surface area contributed by atoms with Gasteiger partial charge in [-0.05, 0) is 29.7 Å². The lowest BCUT2D eigenvalue weighted by atomic mass is 10.1. The second kappa shape index (κ2) is 17.4. The van der Waals surface area contributed by atoms with Crippen LogP contribution in [0, 0.1) is 0 Å². The van der Waals surface area contributed by atoms with Crippen molar-refractivity contribution < 1.29 is 24.2 Å². The second-order valence-electron chi connectivity index (χ2n) is 7.11. The number of carboxylic acids is 1. The van der Waals surface area contributed by atoms with Crippen molar-refractivity contribution in [3.05, 3.63) is 83.6 Å². The zero-order valence-corrected chi connectivity index (χ0v) is 19.0. The van der Waals surface area contributed by atoms with Gasteiger partial charge in [-0.2, -0.15) is 0 Å². The number of rotatable bonds is 12. The Balaban J connectivity index is 0.000000389. The molecule has 2 aromatic rings. The van der Waals surface area contributed by atoms with E-state index in [1.54, 1.807) is 12.2 Å². The number of carboxylic acid groups (broad SMARTS) is 1. The maximum Gasteiger partial charge on any atom is 0.373 e. The fourth-order valence-electron chi connectivity index (χ4n) is 2.75. The molecule has 0 aromatic heterocycles. The minimum Gasteiger partial charge on any atom is -0.490 e. The van der Waals surface area contributed by atoms with Crippen LogP contribution in [-0.2, 0) is 19.1 Å². The second-order valence-corrected chi connectivity index (χ2v) is 7.11. The summed E-state index contributed by atoms with van der Waals surface area (Å²) in [4.78, 5) is 22.0. The zero-order chi connectivity index (χ0) is 23.4. The number of benzene rings is 2. The first-order chi connectivity index (χ1) is 15.6. The molecule has 0 saturated carbocycles. The first kappa shape index (κ1) is 26.7. The molecule has 5 nitrogen and oxygen atoms in total. The van der Waals surface area contributed by atoms with Crippen LogP contribution >= 0.6 is 0 Å². The van der Waals surface area contributed by atoms with Gasteiger partial charge in [0, 0.05) is 6.08 Å². The normalized spacial score (nSPS) is 10.9. The molecule has 2 rings (SSSR count). The standard InChI is InChI=1S/C18H26O3.C9H8O2/c1-3-4-5-6-7-11-14-21-18(19)17(20-2)15-16-12-9-8-10-13-16;10-9(11)7-6-8-4-2-1-3-5-8/h8-10,12-13,15H,3-7,11,14H2,1-2H3;1-7H,(H,10,11). The van der Waals surface area contributed by atoms with Gasteiger partial charge in [0.05, 0.1) is 13.7 Å². The van der Waals surface area contributed by atoms with Crippen molar-refractivity contribution in [3.8, 4) is 0 Å². The molecular weight excluding hydrogens is 404 g/mol. The third-order valence-electron chi connectivity index (χ3n) is 4.47. The zero-order valence-electron chi connectivity index (χ0n) is 19.0. The minimum atomic E-state index is -0.922. The maximum atomic E-state index is 11.9. The number of aliphatic carboxylic acids is 1. The number of carbonyl (C=O) groups is 2. The van der Waals surface area contributed by atoms with Gasteiger partial charge in [0.15, 0.2) is 0 Å². The summed E-state index contributed by atoms with van der Waals surface area (Å²) in [7, 11) is 1.49. The van der Waals surface area contributed by atoms with Crippen molar-refractivity contribution in [2.24, 2.45) is 0 Å². The number of hydrogen-bond acceptors (Lipinski definition) is 4. The molecule has 0 radical (unpaired) electrons. The van der Waals surface area contributed by atoms with Crippen molar-refractivity contribution in [3.63, 3.8) is 0 Å². The highest BCUT2D eigenvalue weighted by atomic mass is 16.6. The third kappa shape index (κ3) is 13.1. The third-order valence-corrected chi connectivity index (χ3v) is 4.47. The highest BCUT2D eigenvalue weighted by Crippen LogP contribution is 2.10. The Morgan fingerprint density at radius 3 is 1.97 bits per heavy atom. The molecule has 0 unspecified atom stereocenters. The largest absolute Gasteiger partial charge is 0.490 e. The predicted molar refractivity (Wildman–Crippen MR) is 129 cm³/mol. The number of esters is 1. The molecule has 0 fully saturated rings. The lowest BCUT2D eigenvalue weighted by Crippen LogP contribution is -2.10. The summed E-state index contributed by atoms with van der Waals surface area (Å²) in [5, 5.41) is 8.29. The number of hydrogen-bond donors (Lipinski definition) is 1. The number of methoxy groups -OCH3 is 1. The van der Waals surface area contributed by atoms with Crippen molar-refractivity contribution >= 4 is 24.1 Å². The Kier molecular flexibility index (Phi) is 14.5. The van der Waals surface area contributed by atoms with Gasteiger partial charge in [0.2, 0.25) is 5.76 Å². The molecule has 0 saturated heterocycles. The van der Waals surface area contributed by atoms with Crippen molar-refractivity contribution in [2.75, 3.05) is 13.7 Å². The van der Waals surface area contributed by atoms with E-state index in [9.17, 15) is 9.59 Å². The Labute approximate surface area is 191 Å². The molecule has 0 amide bonds. The van der Waals surface area contributed by atoms with Gasteiger partial charge in [-0.3, -0.25) is 0 Å². The van der Waals surface area contributed by atoms with Gasteiger partial charge in [0.25, 0.3) is 0 Å². The summed E-state index contributed by atoms with van der Waals surface area (Å²) in [5.41, 5.74) is 1.82. The van der Waals surface area contributed by atoms with Crippen LogP contribution in [0.4, 0.5) is 0 Å². The van der Waals surface area contributed by atoms with E-state index < -0.39 is 11.9 Å². The molecule has 0 heterocycles. The molecule has 0 spiro atoms. The quantitative estimate of drug-likeness (QED) is 0.181. The highest BCUT2D eigenvalue weighted by Gasteiger charge is 2.11. The van der Waals surface area contributed by atoms with Gasteiger partial charge in [0.1, 0.15) is 0 Å². The summed E-state index contributed by atoms with van der Waals surface area (Å²) in [6, 6.07) is 18.9. The lowest BCUT2D eigenvalue weighted by Gasteiger charge is -2.07. The van der Waals surface area contributed by atoms with Gasteiger partial charge < -0.3 is 14.6 Å². The predicted octanol–water partition coefficient (Wildman–Crippen LogP) is 6.36. The molecule has 0 aliphatic rings. The molecule has 2 aromatic carbocycles. The molecule has 1 N–H and O–H groups in total. The number of ether oxygens (including phenoxy) is 2. The van der Waals surface area contributed by atoms with Gasteiger partial charge >= 0.3 is 11.9 Å². The molecule has 5 heteroatoms. The van der Waals surface area contributed by atoms with E-state index in [0.29, 0.717) is 6.61 Å². The van der Waals surface area contributed by atoms with E-state index in [1.807, 2.05) is 60.7 Å². The molecule has 0 aliphatic heterocycles. The van der Waals surface area contributed by atoms with Gasteiger partial charge in [-0.15, -0.1) is 0 Å². The van der Waals surface area contributed by atoms with Gasteiger partial charge in [-0.1, -0.05) is 99.7 Å². The smallest absolute Gasteiger partial charge is 0.373 e. The Morgan fingerprint density at radius 1 is 0.844 bits per heavy atom. The summed E-state index contributed by atoms with van der Waals surface area (Å²) >= 11 is 0. The van der Waals surface area contributed by atoms with Crippen LogP contribution in [0.2, 0.25) is 0 Å². The van der Waals surface area contributed by atoms with Crippen LogP contribution < -0.4 is 0 Å². The van der Waals surface area contributed by atoms with E-state index >= 15 is 0 Å². The van der Waals surface area contributed by atoms with E-state index in [0.717, 1.165) is 30.0 Å². The van der Waals surface area contributed by atoms with Crippen molar-refractivity contribution in [1.29, 1.82) is 0 Å². The fraction of sp³-hybridized carbons (Fsp3) is 0.333. The number of carbonyl (C=O) groups excluding carboxylic acids is 1. The topological polar surface area (TPSA) is 72.8 Å². The molecule has 172 valence electrons. The Morgan fingerprint density at radius 2 is 1.41 bits per heavy atom. The first-order valence-corrected chi connectivity index (χ1v) is 11.0. The molecular formula is C27H34O5. The summed E-state index contributed by atoms with van der Waals surface area (Å²) in [5.74, 6) is -1.07. The summed E-state index contributed by atoms with van der Waals surface area (Å²) < 4.78 is 10.4. The molecule has 0 aliphatic carbocycles. The van der Waals surface area contributed by atoms with Crippen LogP contribution in [-0.4, -0.2) is 30.8 Å². The summed E-state index contributed by atoms with van der Waals surface area (Å²) in [6.07, 6.45) is 11.4. The Bertz CT molecular complexity index is 826. The van der Waals surface area contributed by atoms with Crippen LogP contribution in [0.1, 0.15) is 56.6 Å². The number of unbranched alkanes of at least 4 members (excludes halogenated alkanes) is 5. The van der Waals surface area contributed by atoms with Crippen LogP contribution in [0.15, 0.2) is 72.5 Å². The van der Waals surface area contributed by atoms with E-state index in [1.165, 1.54) is 32.8 Å². The van der Waals surface area contributed by atoms with E-state index in [4.69, 9.17) is 14.6 Å². The van der Waals surface area contributed by atoms with Crippen LogP contribution in [0.25, 0.3) is 12.2 Å². The Hall–Kier alpha value is -3.34. The van der Waals surface area contributed by atoms with E-state index in [2.05, 4.69) is 6.92 Å². The molecule has 0 atom stereocenters. The van der Waals surface area contributed by atoms with Crippen LogP contribution in [0.5, 0.6) is 0 Å².